The van der Waals surface area contributed by atoms with E-state index < -0.39 is 11.5 Å². The van der Waals surface area contributed by atoms with E-state index in [1.54, 1.807) is 0 Å². The van der Waals surface area contributed by atoms with Gasteiger partial charge in [0.25, 0.3) is 17.4 Å². The van der Waals surface area contributed by atoms with Crippen LogP contribution in [-0.4, -0.2) is 67.7 Å². The number of likely N-dealkylation sites (N-methyl/N-ethyl adjacent to an activating group) is 1. The van der Waals surface area contributed by atoms with Gasteiger partial charge in [-0.1, -0.05) is 30.3 Å². The van der Waals surface area contributed by atoms with Crippen molar-refractivity contribution in [3.05, 3.63) is 69.6 Å². The highest BCUT2D eigenvalue weighted by Crippen LogP contribution is 2.08. The molecule has 8 nitrogen and oxygen atoms in total. The molecule has 1 fully saturated rings. The fourth-order valence-electron chi connectivity index (χ4n) is 3.45. The normalized spacial score (nSPS) is 16.8. The Morgan fingerprint density at radius 1 is 1.20 bits per heavy atom. The van der Waals surface area contributed by atoms with Crippen LogP contribution >= 0.6 is 0 Å². The van der Waals surface area contributed by atoms with Crippen LogP contribution < -0.4 is 16.2 Å². The first-order chi connectivity index (χ1) is 14.5. The van der Waals surface area contributed by atoms with Gasteiger partial charge in [-0.2, -0.15) is 0 Å². The van der Waals surface area contributed by atoms with Crippen LogP contribution in [0.15, 0.2) is 47.4 Å². The number of benzene rings is 1. The number of rotatable bonds is 7. The molecule has 2 heterocycles. The van der Waals surface area contributed by atoms with Crippen molar-refractivity contribution < 1.29 is 14.3 Å². The maximum absolute atomic E-state index is 12.7. The van der Waals surface area contributed by atoms with Gasteiger partial charge in [0.15, 0.2) is 0 Å². The summed E-state index contributed by atoms with van der Waals surface area (Å²) in [5, 5.41) is 5.34. The van der Waals surface area contributed by atoms with E-state index in [-0.39, 0.29) is 29.7 Å². The van der Waals surface area contributed by atoms with Gasteiger partial charge < -0.3 is 24.8 Å². The number of ether oxygens (including phenoxy) is 1. The lowest BCUT2D eigenvalue weighted by Crippen LogP contribution is -2.41. The molecule has 1 aliphatic rings. The summed E-state index contributed by atoms with van der Waals surface area (Å²) in [5.74, 6) is -0.846. The van der Waals surface area contributed by atoms with Gasteiger partial charge in [0.1, 0.15) is 5.56 Å². The number of morpholine rings is 1. The molecule has 1 unspecified atom stereocenters. The Bertz CT molecular complexity index is 942. The van der Waals surface area contributed by atoms with E-state index in [1.165, 1.54) is 23.9 Å². The second-order valence-corrected chi connectivity index (χ2v) is 7.44. The monoisotopic (exact) mass is 412 g/mol. The smallest absolute Gasteiger partial charge is 0.263 e. The molecule has 1 saturated heterocycles. The maximum atomic E-state index is 12.7. The van der Waals surface area contributed by atoms with Crippen LogP contribution in [0.1, 0.15) is 32.7 Å². The molecule has 1 aromatic carbocycles. The van der Waals surface area contributed by atoms with E-state index in [0.29, 0.717) is 19.6 Å². The summed E-state index contributed by atoms with van der Waals surface area (Å²) in [6, 6.07) is 10.8. The molecule has 0 aliphatic carbocycles. The van der Waals surface area contributed by atoms with Crippen molar-refractivity contribution in [2.45, 2.75) is 19.1 Å². The van der Waals surface area contributed by atoms with Gasteiger partial charge in [-0.3, -0.25) is 14.4 Å². The summed E-state index contributed by atoms with van der Waals surface area (Å²) < 4.78 is 7.11. The molecule has 8 heteroatoms. The van der Waals surface area contributed by atoms with Gasteiger partial charge in [-0.25, -0.2) is 0 Å². The van der Waals surface area contributed by atoms with Crippen molar-refractivity contribution in [3.8, 4) is 0 Å². The zero-order valence-electron chi connectivity index (χ0n) is 17.4. The Balaban J connectivity index is 1.75. The van der Waals surface area contributed by atoms with E-state index >= 15 is 0 Å². The highest BCUT2D eigenvalue weighted by atomic mass is 16.5. The molecule has 0 radical (unpaired) electrons. The Kier molecular flexibility index (Phi) is 7.37. The minimum absolute atomic E-state index is 0.0571. The first-order valence-corrected chi connectivity index (χ1v) is 10.1. The van der Waals surface area contributed by atoms with Crippen LogP contribution in [0, 0.1) is 0 Å². The van der Waals surface area contributed by atoms with Crippen LogP contribution in [0.5, 0.6) is 0 Å². The van der Waals surface area contributed by atoms with Crippen molar-refractivity contribution in [2.24, 2.45) is 0 Å². The van der Waals surface area contributed by atoms with Crippen LogP contribution in [0.3, 0.4) is 0 Å². The summed E-state index contributed by atoms with van der Waals surface area (Å²) >= 11 is 0. The Morgan fingerprint density at radius 2 is 1.97 bits per heavy atom. The zero-order chi connectivity index (χ0) is 21.5. The average Bonchev–Trinajstić information content (AvgIpc) is 2.75. The highest BCUT2D eigenvalue weighted by molar-refractivity contribution is 5.99. The fourth-order valence-corrected chi connectivity index (χ4v) is 3.45. The first kappa shape index (κ1) is 21.7. The summed E-state index contributed by atoms with van der Waals surface area (Å²) in [4.78, 5) is 39.9. The number of pyridine rings is 1. The van der Waals surface area contributed by atoms with E-state index in [9.17, 15) is 14.4 Å². The van der Waals surface area contributed by atoms with E-state index in [2.05, 4.69) is 15.5 Å². The van der Waals surface area contributed by atoms with Crippen LogP contribution in [0.4, 0.5) is 0 Å². The number of amides is 2. The molecule has 0 spiro atoms. The first-order valence-electron chi connectivity index (χ1n) is 10.1. The number of carbonyl (C=O) groups is 2. The Labute approximate surface area is 175 Å². The summed E-state index contributed by atoms with van der Waals surface area (Å²) in [6.45, 7) is 3.15. The summed E-state index contributed by atoms with van der Waals surface area (Å²) in [5.41, 5.74) is 0.677. The molecule has 1 aromatic heterocycles. The van der Waals surface area contributed by atoms with Gasteiger partial charge in [-0.15, -0.1) is 0 Å². The third-order valence-electron chi connectivity index (χ3n) is 5.11. The third-order valence-corrected chi connectivity index (χ3v) is 5.11. The predicted octanol–water partition coefficient (Wildman–Crippen LogP) is 0.707. The second kappa shape index (κ2) is 10.2. The largest absolute Gasteiger partial charge is 0.375 e. The Hall–Kier alpha value is -2.97. The molecule has 30 heavy (non-hydrogen) atoms. The number of carbonyl (C=O) groups excluding carboxylic acids is 2. The van der Waals surface area contributed by atoms with Gasteiger partial charge >= 0.3 is 0 Å². The molecule has 160 valence electrons. The van der Waals surface area contributed by atoms with Crippen LogP contribution in [0.25, 0.3) is 0 Å². The van der Waals surface area contributed by atoms with E-state index in [0.717, 1.165) is 18.7 Å². The molecule has 1 atom stereocenters. The fraction of sp³-hybridized carbons (Fsp3) is 0.409. The lowest BCUT2D eigenvalue weighted by Gasteiger charge is -2.30. The van der Waals surface area contributed by atoms with Crippen LogP contribution in [0.2, 0.25) is 0 Å². The quantitative estimate of drug-likeness (QED) is 0.699. The van der Waals surface area contributed by atoms with Crippen molar-refractivity contribution in [1.82, 2.24) is 20.1 Å². The number of nitrogens with zero attached hydrogens (tertiary/aromatic N) is 2. The van der Waals surface area contributed by atoms with Gasteiger partial charge in [0.2, 0.25) is 0 Å². The molecule has 2 amide bonds. The average molecular weight is 412 g/mol. The van der Waals surface area contributed by atoms with Gasteiger partial charge in [0.05, 0.1) is 24.8 Å². The van der Waals surface area contributed by atoms with Crippen LogP contribution in [-0.2, 0) is 11.3 Å². The topological polar surface area (TPSA) is 92.7 Å². The third kappa shape index (κ3) is 5.55. The van der Waals surface area contributed by atoms with E-state index in [4.69, 9.17) is 4.74 Å². The molecule has 2 N–H and O–H groups in total. The SMILES string of the molecule is CNC(=O)c1cc(C(=O)NCCC2CN(C)CCO2)cn(Cc2ccccc2)c1=O. The van der Waals surface area contributed by atoms with Crippen molar-refractivity contribution in [3.63, 3.8) is 0 Å². The molecule has 0 saturated carbocycles. The molecule has 2 aromatic rings. The zero-order valence-corrected chi connectivity index (χ0v) is 17.4. The molecule has 1 aliphatic heterocycles. The van der Waals surface area contributed by atoms with Gasteiger partial charge in [0, 0.05) is 32.9 Å². The predicted molar refractivity (Wildman–Crippen MR) is 114 cm³/mol. The molecule has 3 rings (SSSR count). The summed E-state index contributed by atoms with van der Waals surface area (Å²) in [7, 11) is 3.50. The number of hydrogen-bond donors (Lipinski definition) is 2. The number of hydrogen-bond acceptors (Lipinski definition) is 5. The molecular weight excluding hydrogens is 384 g/mol. The minimum Gasteiger partial charge on any atom is -0.375 e. The summed E-state index contributed by atoms with van der Waals surface area (Å²) in [6.07, 6.45) is 2.28. The Morgan fingerprint density at radius 3 is 2.67 bits per heavy atom. The number of nitrogens with one attached hydrogen (secondary N) is 2. The lowest BCUT2D eigenvalue weighted by atomic mass is 10.1. The van der Waals surface area contributed by atoms with Crippen molar-refractivity contribution >= 4 is 11.8 Å². The standard InChI is InChI=1S/C22H28N4O4/c1-23-21(28)19-12-17(14-26(22(19)29)13-16-6-4-3-5-7-16)20(27)24-9-8-18-15-25(2)10-11-30-18/h3-7,12,14,18H,8-11,13,15H2,1-2H3,(H,23,28)(H,24,27). The van der Waals surface area contributed by atoms with Crippen molar-refractivity contribution in [1.29, 1.82) is 0 Å². The lowest BCUT2D eigenvalue weighted by molar-refractivity contribution is -0.0226. The highest BCUT2D eigenvalue weighted by Gasteiger charge is 2.19. The molecule has 0 bridgehead atoms. The van der Waals surface area contributed by atoms with E-state index in [1.807, 2.05) is 37.4 Å². The number of aromatic nitrogens is 1. The van der Waals surface area contributed by atoms with Gasteiger partial charge in [-0.05, 0) is 25.1 Å². The maximum Gasteiger partial charge on any atom is 0.263 e. The molecular formula is C22H28N4O4. The second-order valence-electron chi connectivity index (χ2n) is 7.44. The van der Waals surface area contributed by atoms with Crippen molar-refractivity contribution in [2.75, 3.05) is 40.3 Å². The minimum atomic E-state index is -0.518.